The van der Waals surface area contributed by atoms with Crippen LogP contribution in [0.15, 0.2) is 34.1 Å². The van der Waals surface area contributed by atoms with Crippen molar-refractivity contribution in [1.82, 2.24) is 0 Å². The molecule has 3 N–H and O–H groups in total. The number of hydrogen-bond donors (Lipinski definition) is 2. The predicted octanol–water partition coefficient (Wildman–Crippen LogP) is 3.48. The van der Waals surface area contributed by atoms with Gasteiger partial charge in [-0.2, -0.15) is 0 Å². The molecular formula is C11H8BrFN2OS. The number of nitrogen functional groups attached to an aromatic ring is 1. The number of thiophene rings is 1. The highest BCUT2D eigenvalue weighted by Gasteiger charge is 2.13. The number of benzene rings is 1. The molecule has 2 rings (SSSR count). The molecule has 1 aromatic carbocycles. The molecule has 2 aromatic rings. The molecule has 0 atom stereocenters. The largest absolute Gasteiger partial charge is 0.399 e. The molecule has 0 saturated heterocycles. The summed E-state index contributed by atoms with van der Waals surface area (Å²) < 4.78 is 14.1. The van der Waals surface area contributed by atoms with Crippen LogP contribution in [-0.2, 0) is 0 Å². The van der Waals surface area contributed by atoms with Gasteiger partial charge in [0.25, 0.3) is 5.91 Å². The minimum Gasteiger partial charge on any atom is -0.399 e. The molecule has 17 heavy (non-hydrogen) atoms. The van der Waals surface area contributed by atoms with Gasteiger partial charge in [0.2, 0.25) is 0 Å². The number of nitrogens with two attached hydrogens (primary N) is 1. The van der Waals surface area contributed by atoms with Crippen molar-refractivity contribution >= 4 is 44.5 Å². The van der Waals surface area contributed by atoms with E-state index in [1.54, 1.807) is 11.4 Å². The van der Waals surface area contributed by atoms with Crippen molar-refractivity contribution in [3.05, 3.63) is 44.8 Å². The third kappa shape index (κ3) is 2.65. The normalized spacial score (nSPS) is 10.2. The average molecular weight is 315 g/mol. The molecule has 3 nitrogen and oxygen atoms in total. The fraction of sp³-hybridized carbons (Fsp3) is 0. The van der Waals surface area contributed by atoms with Crippen LogP contribution in [0.2, 0.25) is 0 Å². The number of halogens is 2. The van der Waals surface area contributed by atoms with Gasteiger partial charge in [-0.05, 0) is 45.6 Å². The Bertz CT molecular complexity index is 570. The Kier molecular flexibility index (Phi) is 3.44. The number of carbonyl (C=O) groups is 1. The van der Waals surface area contributed by atoms with Crippen LogP contribution >= 0.6 is 27.3 Å². The Morgan fingerprint density at radius 2 is 2.18 bits per heavy atom. The Balaban J connectivity index is 2.24. The Labute approximate surface area is 110 Å². The van der Waals surface area contributed by atoms with Gasteiger partial charge in [0, 0.05) is 10.2 Å². The lowest BCUT2D eigenvalue weighted by Crippen LogP contribution is -2.12. The number of nitrogens with one attached hydrogen (secondary N) is 1. The first kappa shape index (κ1) is 12.1. The summed E-state index contributed by atoms with van der Waals surface area (Å²) in [4.78, 5) is 12.3. The second kappa shape index (κ2) is 4.85. The minimum absolute atomic E-state index is 0.0790. The Morgan fingerprint density at radius 3 is 2.82 bits per heavy atom. The first-order valence-corrected chi connectivity index (χ1v) is 6.34. The number of amides is 1. The molecule has 0 aliphatic heterocycles. The topological polar surface area (TPSA) is 55.1 Å². The van der Waals surface area contributed by atoms with E-state index in [4.69, 9.17) is 5.73 Å². The quantitative estimate of drug-likeness (QED) is 0.834. The lowest BCUT2D eigenvalue weighted by atomic mass is 10.2. The molecule has 1 heterocycles. The summed E-state index contributed by atoms with van der Waals surface area (Å²) in [7, 11) is 0. The van der Waals surface area contributed by atoms with Crippen LogP contribution in [0.4, 0.5) is 15.8 Å². The standard InChI is InChI=1S/C11H8BrFN2OS/c12-7-3-4-17-10(7)11(16)15-9-5-6(14)1-2-8(9)13/h1-5H,14H2,(H,15,16). The summed E-state index contributed by atoms with van der Waals surface area (Å²) in [6, 6.07) is 5.80. The number of rotatable bonds is 2. The number of hydrogen-bond acceptors (Lipinski definition) is 3. The highest BCUT2D eigenvalue weighted by atomic mass is 79.9. The van der Waals surface area contributed by atoms with Crippen LogP contribution in [0.25, 0.3) is 0 Å². The molecule has 0 fully saturated rings. The number of carbonyl (C=O) groups excluding carboxylic acids is 1. The molecule has 0 aliphatic carbocycles. The van der Waals surface area contributed by atoms with Gasteiger partial charge in [0.15, 0.2) is 0 Å². The zero-order valence-corrected chi connectivity index (χ0v) is 10.9. The van der Waals surface area contributed by atoms with E-state index in [-0.39, 0.29) is 11.6 Å². The monoisotopic (exact) mass is 314 g/mol. The lowest BCUT2D eigenvalue weighted by Gasteiger charge is -2.06. The second-order valence-electron chi connectivity index (χ2n) is 3.29. The molecule has 0 radical (unpaired) electrons. The third-order valence-electron chi connectivity index (χ3n) is 2.06. The Morgan fingerprint density at radius 1 is 1.41 bits per heavy atom. The van der Waals surface area contributed by atoms with Gasteiger partial charge in [-0.3, -0.25) is 4.79 Å². The van der Waals surface area contributed by atoms with Crippen molar-refractivity contribution in [2.24, 2.45) is 0 Å². The van der Waals surface area contributed by atoms with Crippen molar-refractivity contribution in [2.45, 2.75) is 0 Å². The van der Waals surface area contributed by atoms with Crippen LogP contribution in [0.1, 0.15) is 9.67 Å². The predicted molar refractivity (Wildman–Crippen MR) is 70.8 cm³/mol. The van der Waals surface area contributed by atoms with Crippen molar-refractivity contribution in [3.8, 4) is 0 Å². The summed E-state index contributed by atoms with van der Waals surface area (Å²) >= 11 is 4.52. The Hall–Kier alpha value is -1.40. The minimum atomic E-state index is -0.514. The zero-order chi connectivity index (χ0) is 12.4. The maximum absolute atomic E-state index is 13.4. The van der Waals surface area contributed by atoms with Gasteiger partial charge in [-0.1, -0.05) is 0 Å². The fourth-order valence-corrected chi connectivity index (χ4v) is 2.72. The maximum atomic E-state index is 13.4. The first-order chi connectivity index (χ1) is 8.08. The van der Waals surface area contributed by atoms with Crippen molar-refractivity contribution in [3.63, 3.8) is 0 Å². The summed E-state index contributed by atoms with van der Waals surface area (Å²) in [5.74, 6) is -0.878. The SMILES string of the molecule is Nc1ccc(F)c(NC(=O)c2sccc2Br)c1. The van der Waals surface area contributed by atoms with E-state index in [9.17, 15) is 9.18 Å². The highest BCUT2D eigenvalue weighted by molar-refractivity contribution is 9.10. The molecule has 1 amide bonds. The third-order valence-corrected chi connectivity index (χ3v) is 3.90. The van der Waals surface area contributed by atoms with Crippen LogP contribution < -0.4 is 11.1 Å². The van der Waals surface area contributed by atoms with Crippen molar-refractivity contribution < 1.29 is 9.18 Å². The van der Waals surface area contributed by atoms with E-state index >= 15 is 0 Å². The smallest absolute Gasteiger partial charge is 0.266 e. The number of anilines is 2. The van der Waals surface area contributed by atoms with Gasteiger partial charge in [0.1, 0.15) is 10.7 Å². The summed E-state index contributed by atoms with van der Waals surface area (Å²) in [6.07, 6.45) is 0. The van der Waals surface area contributed by atoms with E-state index in [2.05, 4.69) is 21.2 Å². The molecule has 88 valence electrons. The molecule has 0 saturated carbocycles. The van der Waals surface area contributed by atoms with Crippen LogP contribution in [0.5, 0.6) is 0 Å². The van der Waals surface area contributed by atoms with E-state index in [0.29, 0.717) is 15.0 Å². The average Bonchev–Trinajstić information content (AvgIpc) is 2.70. The van der Waals surface area contributed by atoms with Gasteiger partial charge < -0.3 is 11.1 Å². The highest BCUT2D eigenvalue weighted by Crippen LogP contribution is 2.25. The van der Waals surface area contributed by atoms with Gasteiger partial charge in [-0.25, -0.2) is 4.39 Å². The van der Waals surface area contributed by atoms with E-state index in [1.807, 2.05) is 0 Å². The van der Waals surface area contributed by atoms with Crippen LogP contribution in [0, 0.1) is 5.82 Å². The summed E-state index contributed by atoms with van der Waals surface area (Å²) in [5.41, 5.74) is 6.00. The fourth-order valence-electron chi connectivity index (χ4n) is 1.27. The molecule has 0 bridgehead atoms. The maximum Gasteiger partial charge on any atom is 0.266 e. The first-order valence-electron chi connectivity index (χ1n) is 4.67. The molecule has 0 unspecified atom stereocenters. The van der Waals surface area contributed by atoms with Crippen molar-refractivity contribution in [2.75, 3.05) is 11.1 Å². The second-order valence-corrected chi connectivity index (χ2v) is 5.06. The molecule has 1 aromatic heterocycles. The van der Waals surface area contributed by atoms with Gasteiger partial charge >= 0.3 is 0 Å². The molecule has 0 aliphatic rings. The van der Waals surface area contributed by atoms with Crippen LogP contribution in [-0.4, -0.2) is 5.91 Å². The van der Waals surface area contributed by atoms with E-state index < -0.39 is 5.82 Å². The van der Waals surface area contributed by atoms with E-state index in [0.717, 1.165) is 0 Å². The lowest BCUT2D eigenvalue weighted by molar-refractivity contribution is 0.102. The zero-order valence-electron chi connectivity index (χ0n) is 8.54. The summed E-state index contributed by atoms with van der Waals surface area (Å²) in [6.45, 7) is 0. The molecular weight excluding hydrogens is 307 g/mol. The van der Waals surface area contributed by atoms with Gasteiger partial charge in [0.05, 0.1) is 5.69 Å². The molecule has 6 heteroatoms. The van der Waals surface area contributed by atoms with Gasteiger partial charge in [-0.15, -0.1) is 11.3 Å². The van der Waals surface area contributed by atoms with E-state index in [1.165, 1.54) is 29.5 Å². The molecule has 0 spiro atoms. The summed E-state index contributed by atoms with van der Waals surface area (Å²) in [5, 5.41) is 4.25. The van der Waals surface area contributed by atoms with Crippen LogP contribution in [0.3, 0.4) is 0 Å². The van der Waals surface area contributed by atoms with Crippen molar-refractivity contribution in [1.29, 1.82) is 0 Å².